The average molecular weight is 447 g/mol. The third-order valence-electron chi connectivity index (χ3n) is 4.11. The third kappa shape index (κ3) is 5.63. The van der Waals surface area contributed by atoms with Crippen molar-refractivity contribution in [2.45, 2.75) is 19.8 Å². The van der Waals surface area contributed by atoms with Crippen molar-refractivity contribution in [1.29, 1.82) is 0 Å². The summed E-state index contributed by atoms with van der Waals surface area (Å²) in [5.74, 6) is 1.52. The van der Waals surface area contributed by atoms with E-state index in [-0.39, 0.29) is 24.8 Å². The molecule has 7 nitrogen and oxygen atoms in total. The van der Waals surface area contributed by atoms with Crippen LogP contribution in [0.15, 0.2) is 45.9 Å². The minimum Gasteiger partial charge on any atom is -0.490 e. The number of rotatable bonds is 5. The Hall–Kier alpha value is -2.74. The highest BCUT2D eigenvalue weighted by Gasteiger charge is 2.11. The topological polar surface area (TPSA) is 98.0 Å². The zero-order valence-corrected chi connectivity index (χ0v) is 17.2. The minimum atomic E-state index is -0.117. The number of ether oxygens (including phenoxy) is 2. The second-order valence-corrected chi connectivity index (χ2v) is 7.28. The molecule has 148 valence electrons. The first-order valence-electron chi connectivity index (χ1n) is 9.04. The van der Waals surface area contributed by atoms with Crippen molar-refractivity contribution < 1.29 is 14.3 Å². The van der Waals surface area contributed by atoms with Crippen molar-refractivity contribution in [3.05, 3.63) is 46.4 Å². The Bertz CT molecular complexity index is 886. The molecule has 1 aliphatic rings. The van der Waals surface area contributed by atoms with Gasteiger partial charge in [-0.1, -0.05) is 22.0 Å². The van der Waals surface area contributed by atoms with Gasteiger partial charge in [-0.15, -0.1) is 0 Å². The van der Waals surface area contributed by atoms with E-state index in [0.29, 0.717) is 19.0 Å². The van der Waals surface area contributed by atoms with Crippen LogP contribution in [-0.4, -0.2) is 31.6 Å². The van der Waals surface area contributed by atoms with E-state index in [9.17, 15) is 4.79 Å². The number of aryl methyl sites for hydroxylation is 1. The molecule has 2 aromatic rings. The standard InChI is InChI=1S/C20H23BrN4O3/c1-13-3-4-14(21)11-16(13)25-19(26)7-8-23-20(22)24-15-5-6-17-18(12-15)28-10-2-9-27-17/h3-6,11-12H,2,7-10H2,1H3,(H,25,26)(H3,22,23,24). The van der Waals surface area contributed by atoms with Crippen LogP contribution >= 0.6 is 15.9 Å². The van der Waals surface area contributed by atoms with Crippen molar-refractivity contribution in [2.24, 2.45) is 10.7 Å². The molecule has 0 bridgehead atoms. The van der Waals surface area contributed by atoms with Gasteiger partial charge < -0.3 is 25.8 Å². The van der Waals surface area contributed by atoms with Gasteiger partial charge in [-0.3, -0.25) is 9.79 Å². The lowest BCUT2D eigenvalue weighted by Gasteiger charge is -2.11. The number of aliphatic imine (C=N–C) groups is 1. The number of amides is 1. The number of carbonyl (C=O) groups is 1. The predicted octanol–water partition coefficient (Wildman–Crippen LogP) is 3.67. The van der Waals surface area contributed by atoms with E-state index in [0.717, 1.165) is 33.6 Å². The van der Waals surface area contributed by atoms with E-state index >= 15 is 0 Å². The van der Waals surface area contributed by atoms with Crippen molar-refractivity contribution in [3.8, 4) is 11.5 Å². The highest BCUT2D eigenvalue weighted by Crippen LogP contribution is 2.32. The molecule has 2 aromatic carbocycles. The molecular formula is C20H23BrN4O3. The molecular weight excluding hydrogens is 424 g/mol. The number of nitrogens with two attached hydrogens (primary N) is 1. The Kier molecular flexibility index (Phi) is 6.76. The Balaban J connectivity index is 1.51. The molecule has 0 radical (unpaired) electrons. The van der Waals surface area contributed by atoms with Gasteiger partial charge in [-0.2, -0.15) is 0 Å². The summed E-state index contributed by atoms with van der Waals surface area (Å²) >= 11 is 3.40. The van der Waals surface area contributed by atoms with Gasteiger partial charge in [-0.25, -0.2) is 0 Å². The van der Waals surface area contributed by atoms with Crippen LogP contribution in [0.4, 0.5) is 11.4 Å². The van der Waals surface area contributed by atoms with Crippen LogP contribution < -0.4 is 25.8 Å². The summed E-state index contributed by atoms with van der Waals surface area (Å²) in [4.78, 5) is 16.3. The molecule has 0 spiro atoms. The van der Waals surface area contributed by atoms with Gasteiger partial charge >= 0.3 is 0 Å². The summed E-state index contributed by atoms with van der Waals surface area (Å²) in [5.41, 5.74) is 8.45. The van der Waals surface area contributed by atoms with Gasteiger partial charge in [0.15, 0.2) is 17.5 Å². The smallest absolute Gasteiger partial charge is 0.226 e. The fraction of sp³-hybridized carbons (Fsp3) is 0.300. The maximum Gasteiger partial charge on any atom is 0.226 e. The number of hydrogen-bond acceptors (Lipinski definition) is 4. The molecule has 1 amide bonds. The minimum absolute atomic E-state index is 0.117. The maximum absolute atomic E-state index is 12.1. The van der Waals surface area contributed by atoms with Crippen LogP contribution in [-0.2, 0) is 4.79 Å². The molecule has 0 atom stereocenters. The molecule has 0 saturated heterocycles. The van der Waals surface area contributed by atoms with E-state index in [1.54, 1.807) is 0 Å². The monoisotopic (exact) mass is 446 g/mol. The SMILES string of the molecule is Cc1ccc(Br)cc1NC(=O)CCN=C(N)Nc1ccc2c(c1)OCCCO2. The van der Waals surface area contributed by atoms with Crippen molar-refractivity contribution in [2.75, 3.05) is 30.4 Å². The zero-order valence-electron chi connectivity index (χ0n) is 15.6. The molecule has 0 saturated carbocycles. The molecule has 0 unspecified atom stereocenters. The van der Waals surface area contributed by atoms with Crippen LogP contribution in [0, 0.1) is 6.92 Å². The molecule has 4 N–H and O–H groups in total. The Labute approximate surface area is 172 Å². The number of hydrogen-bond donors (Lipinski definition) is 3. The third-order valence-corrected chi connectivity index (χ3v) is 4.61. The molecule has 8 heteroatoms. The highest BCUT2D eigenvalue weighted by atomic mass is 79.9. The summed E-state index contributed by atoms with van der Waals surface area (Å²) in [6.45, 7) is 3.48. The lowest BCUT2D eigenvalue weighted by Crippen LogP contribution is -2.23. The van der Waals surface area contributed by atoms with Crippen LogP contribution in [0.3, 0.4) is 0 Å². The Morgan fingerprint density at radius 3 is 2.75 bits per heavy atom. The molecule has 1 aliphatic heterocycles. The number of carbonyl (C=O) groups excluding carboxylic acids is 1. The fourth-order valence-corrected chi connectivity index (χ4v) is 3.01. The number of guanidine groups is 1. The largest absolute Gasteiger partial charge is 0.490 e. The van der Waals surface area contributed by atoms with Gasteiger partial charge in [0.25, 0.3) is 0 Å². The normalized spacial score (nSPS) is 13.6. The maximum atomic E-state index is 12.1. The number of fused-ring (bicyclic) bond motifs is 1. The molecule has 1 heterocycles. The van der Waals surface area contributed by atoms with Gasteiger partial charge in [0.2, 0.25) is 5.91 Å². The van der Waals surface area contributed by atoms with Gasteiger partial charge in [-0.05, 0) is 36.8 Å². The first-order chi connectivity index (χ1) is 13.5. The number of nitrogens with zero attached hydrogens (tertiary/aromatic N) is 1. The zero-order chi connectivity index (χ0) is 19.9. The molecule has 0 aliphatic carbocycles. The second kappa shape index (κ2) is 9.45. The first-order valence-corrected chi connectivity index (χ1v) is 9.83. The fourth-order valence-electron chi connectivity index (χ4n) is 2.65. The Morgan fingerprint density at radius 1 is 1.14 bits per heavy atom. The van der Waals surface area contributed by atoms with Crippen LogP contribution in [0.25, 0.3) is 0 Å². The number of nitrogens with one attached hydrogen (secondary N) is 2. The van der Waals surface area contributed by atoms with Crippen molar-refractivity contribution >= 4 is 39.2 Å². The van der Waals surface area contributed by atoms with Crippen molar-refractivity contribution in [3.63, 3.8) is 0 Å². The van der Waals surface area contributed by atoms with E-state index in [1.165, 1.54) is 0 Å². The summed E-state index contributed by atoms with van der Waals surface area (Å²) in [6.07, 6.45) is 1.08. The van der Waals surface area contributed by atoms with Crippen LogP contribution in [0.1, 0.15) is 18.4 Å². The van der Waals surface area contributed by atoms with E-state index < -0.39 is 0 Å². The van der Waals surface area contributed by atoms with E-state index in [1.807, 2.05) is 43.3 Å². The van der Waals surface area contributed by atoms with Gasteiger partial charge in [0.05, 0.1) is 19.8 Å². The summed E-state index contributed by atoms with van der Waals surface area (Å²) in [7, 11) is 0. The molecule has 0 aromatic heterocycles. The van der Waals surface area contributed by atoms with E-state index in [2.05, 4.69) is 31.6 Å². The quantitative estimate of drug-likeness (QED) is 0.480. The Morgan fingerprint density at radius 2 is 1.93 bits per heavy atom. The molecule has 3 rings (SSSR count). The van der Waals surface area contributed by atoms with Crippen molar-refractivity contribution in [1.82, 2.24) is 0 Å². The first kappa shape index (κ1) is 20.0. The van der Waals surface area contributed by atoms with Crippen LogP contribution in [0.5, 0.6) is 11.5 Å². The van der Waals surface area contributed by atoms with E-state index in [4.69, 9.17) is 15.2 Å². The van der Waals surface area contributed by atoms with Gasteiger partial charge in [0.1, 0.15) is 0 Å². The highest BCUT2D eigenvalue weighted by molar-refractivity contribution is 9.10. The predicted molar refractivity (Wildman–Crippen MR) is 114 cm³/mol. The summed E-state index contributed by atoms with van der Waals surface area (Å²) < 4.78 is 12.2. The number of anilines is 2. The lowest BCUT2D eigenvalue weighted by atomic mass is 10.2. The summed E-state index contributed by atoms with van der Waals surface area (Å²) in [6, 6.07) is 11.3. The average Bonchev–Trinajstić information content (AvgIpc) is 2.89. The lowest BCUT2D eigenvalue weighted by molar-refractivity contribution is -0.116. The number of halogens is 1. The molecule has 28 heavy (non-hydrogen) atoms. The van der Waals surface area contributed by atoms with Gasteiger partial charge in [0, 0.05) is 34.8 Å². The molecule has 0 fully saturated rings. The summed E-state index contributed by atoms with van der Waals surface area (Å²) in [5, 5.41) is 5.89. The number of benzene rings is 2. The second-order valence-electron chi connectivity index (χ2n) is 6.36. The van der Waals surface area contributed by atoms with Crippen LogP contribution in [0.2, 0.25) is 0 Å².